The second-order valence-corrected chi connectivity index (χ2v) is 14.2. The van der Waals surface area contributed by atoms with Crippen LogP contribution in [0.4, 0.5) is 0 Å². The summed E-state index contributed by atoms with van der Waals surface area (Å²) in [4.78, 5) is 37.6. The molecule has 0 N–H and O–H groups in total. The van der Waals surface area contributed by atoms with Gasteiger partial charge in [0.2, 0.25) is 0 Å². The molecule has 0 aromatic carbocycles. The standard InChI is InChI=1S/C47H80O6/c1-4-7-10-13-16-19-21-22-23-24-26-28-31-34-37-40-46(49)52-43-44(42-51-45(48)39-36-33-30-27-18-15-12-9-6-3)53-47(50)41-38-35-32-29-25-20-17-14-11-8-5-2/h7,10,14,16-17,19,22-23,26,28,44H,4-6,8-9,11-13,15,18,20-21,24-25,27,29-43H2,1-3H3/b10-7-,17-14-,19-16-,23-22-,28-26-/t44-/m1/s1. The van der Waals surface area contributed by atoms with E-state index in [1.807, 2.05) is 0 Å². The number of esters is 3. The van der Waals surface area contributed by atoms with Crippen LogP contribution in [0.3, 0.4) is 0 Å². The zero-order chi connectivity index (χ0) is 38.7. The van der Waals surface area contributed by atoms with Gasteiger partial charge in [-0.3, -0.25) is 14.4 Å². The molecular weight excluding hydrogens is 661 g/mol. The lowest BCUT2D eigenvalue weighted by atomic mass is 10.1. The Hall–Kier alpha value is -2.89. The molecule has 53 heavy (non-hydrogen) atoms. The molecular formula is C47H80O6. The molecule has 0 spiro atoms. The van der Waals surface area contributed by atoms with Crippen LogP contribution in [0.2, 0.25) is 0 Å². The number of carbonyl (C=O) groups is 3. The Morgan fingerprint density at radius 1 is 0.396 bits per heavy atom. The number of allylic oxidation sites excluding steroid dienone is 10. The molecule has 0 radical (unpaired) electrons. The van der Waals surface area contributed by atoms with Crippen LogP contribution < -0.4 is 0 Å². The highest BCUT2D eigenvalue weighted by Crippen LogP contribution is 2.13. The van der Waals surface area contributed by atoms with Gasteiger partial charge in [-0.15, -0.1) is 0 Å². The number of rotatable bonds is 38. The van der Waals surface area contributed by atoms with E-state index in [0.717, 1.165) is 96.3 Å². The highest BCUT2D eigenvalue weighted by Gasteiger charge is 2.19. The molecule has 0 aromatic heterocycles. The number of ether oxygens (including phenoxy) is 3. The minimum atomic E-state index is -0.789. The van der Waals surface area contributed by atoms with Crippen LogP contribution in [0, 0.1) is 0 Å². The average Bonchev–Trinajstić information content (AvgIpc) is 3.15. The maximum Gasteiger partial charge on any atom is 0.306 e. The van der Waals surface area contributed by atoms with Gasteiger partial charge in [0.15, 0.2) is 6.10 Å². The molecule has 0 saturated carbocycles. The van der Waals surface area contributed by atoms with E-state index in [1.165, 1.54) is 64.2 Å². The second-order valence-electron chi connectivity index (χ2n) is 14.2. The van der Waals surface area contributed by atoms with Crippen LogP contribution in [0.5, 0.6) is 0 Å². The van der Waals surface area contributed by atoms with Crippen LogP contribution >= 0.6 is 0 Å². The van der Waals surface area contributed by atoms with Crippen LogP contribution in [0.25, 0.3) is 0 Å². The van der Waals surface area contributed by atoms with Gasteiger partial charge in [-0.05, 0) is 77.0 Å². The van der Waals surface area contributed by atoms with Crippen molar-refractivity contribution in [1.82, 2.24) is 0 Å². The minimum absolute atomic E-state index is 0.0904. The molecule has 0 saturated heterocycles. The van der Waals surface area contributed by atoms with Crippen molar-refractivity contribution in [3.63, 3.8) is 0 Å². The van der Waals surface area contributed by atoms with Crippen LogP contribution in [-0.2, 0) is 28.6 Å². The molecule has 0 aliphatic rings. The Kier molecular flexibility index (Phi) is 39.6. The summed E-state index contributed by atoms with van der Waals surface area (Å²) in [6.45, 7) is 6.40. The SMILES string of the molecule is CC/C=C\C/C=C\C/C=C\C/C=C\CCCCC(=O)OC[C@@H](COC(=O)CCCCCCCCCCC)OC(=O)CCCCCCC/C=C\CCCC. The topological polar surface area (TPSA) is 78.9 Å². The zero-order valence-corrected chi connectivity index (χ0v) is 34.5. The molecule has 0 bridgehead atoms. The lowest BCUT2D eigenvalue weighted by molar-refractivity contribution is -0.167. The first-order valence-electron chi connectivity index (χ1n) is 21.8. The van der Waals surface area contributed by atoms with Gasteiger partial charge < -0.3 is 14.2 Å². The summed E-state index contributed by atoms with van der Waals surface area (Å²) in [5, 5.41) is 0. The van der Waals surface area contributed by atoms with Crippen LogP contribution in [-0.4, -0.2) is 37.2 Å². The Morgan fingerprint density at radius 3 is 1.26 bits per heavy atom. The predicted octanol–water partition coefficient (Wildman–Crippen LogP) is 13.7. The fourth-order valence-electron chi connectivity index (χ4n) is 5.71. The van der Waals surface area contributed by atoms with E-state index in [4.69, 9.17) is 14.2 Å². The Balaban J connectivity index is 4.44. The van der Waals surface area contributed by atoms with Crippen molar-refractivity contribution >= 4 is 17.9 Å². The van der Waals surface area contributed by atoms with Gasteiger partial charge in [-0.1, -0.05) is 165 Å². The summed E-state index contributed by atoms with van der Waals surface area (Å²) < 4.78 is 16.6. The molecule has 0 unspecified atom stereocenters. The molecule has 0 rings (SSSR count). The van der Waals surface area contributed by atoms with Gasteiger partial charge in [0.25, 0.3) is 0 Å². The highest BCUT2D eigenvalue weighted by molar-refractivity contribution is 5.71. The van der Waals surface area contributed by atoms with Crippen molar-refractivity contribution in [3.8, 4) is 0 Å². The zero-order valence-electron chi connectivity index (χ0n) is 34.5. The highest BCUT2D eigenvalue weighted by atomic mass is 16.6. The summed E-state index contributed by atoms with van der Waals surface area (Å²) in [6, 6.07) is 0. The smallest absolute Gasteiger partial charge is 0.306 e. The molecule has 0 aliphatic carbocycles. The quantitative estimate of drug-likeness (QED) is 0.0271. The van der Waals surface area contributed by atoms with Gasteiger partial charge in [-0.2, -0.15) is 0 Å². The normalized spacial score (nSPS) is 12.6. The van der Waals surface area contributed by atoms with E-state index >= 15 is 0 Å². The van der Waals surface area contributed by atoms with Crippen LogP contribution in [0.15, 0.2) is 60.8 Å². The minimum Gasteiger partial charge on any atom is -0.462 e. The van der Waals surface area contributed by atoms with E-state index in [-0.39, 0.29) is 31.1 Å². The Bertz CT molecular complexity index is 991. The third kappa shape index (κ3) is 40.1. The molecule has 6 heteroatoms. The number of unbranched alkanes of at least 4 members (excludes halogenated alkanes) is 17. The fraction of sp³-hybridized carbons (Fsp3) is 0.723. The van der Waals surface area contributed by atoms with Crippen LogP contribution in [0.1, 0.15) is 201 Å². The summed E-state index contributed by atoms with van der Waals surface area (Å²) in [5.74, 6) is -0.952. The lowest BCUT2D eigenvalue weighted by Gasteiger charge is -2.18. The largest absolute Gasteiger partial charge is 0.462 e. The van der Waals surface area contributed by atoms with E-state index in [9.17, 15) is 14.4 Å². The first kappa shape index (κ1) is 50.1. The predicted molar refractivity (Wildman–Crippen MR) is 224 cm³/mol. The third-order valence-corrected chi connectivity index (χ3v) is 9.01. The van der Waals surface area contributed by atoms with Crippen molar-refractivity contribution in [1.29, 1.82) is 0 Å². The molecule has 0 aliphatic heterocycles. The summed E-state index contributed by atoms with van der Waals surface area (Å²) >= 11 is 0. The van der Waals surface area contributed by atoms with E-state index < -0.39 is 6.10 Å². The van der Waals surface area contributed by atoms with E-state index in [2.05, 4.69) is 81.5 Å². The molecule has 0 fully saturated rings. The molecule has 0 amide bonds. The van der Waals surface area contributed by atoms with Crippen molar-refractivity contribution in [2.24, 2.45) is 0 Å². The average molecular weight is 741 g/mol. The Morgan fingerprint density at radius 2 is 0.755 bits per heavy atom. The monoisotopic (exact) mass is 741 g/mol. The number of hydrogen-bond donors (Lipinski definition) is 0. The maximum absolute atomic E-state index is 12.7. The maximum atomic E-state index is 12.7. The summed E-state index contributed by atoms with van der Waals surface area (Å²) in [6.07, 6.45) is 49.2. The molecule has 0 aromatic rings. The number of carbonyl (C=O) groups excluding carboxylic acids is 3. The lowest BCUT2D eigenvalue weighted by Crippen LogP contribution is -2.30. The molecule has 0 heterocycles. The first-order chi connectivity index (χ1) is 26.0. The molecule has 6 nitrogen and oxygen atoms in total. The van der Waals surface area contributed by atoms with Crippen molar-refractivity contribution in [2.75, 3.05) is 13.2 Å². The van der Waals surface area contributed by atoms with Gasteiger partial charge in [0.05, 0.1) is 0 Å². The molecule has 304 valence electrons. The third-order valence-electron chi connectivity index (χ3n) is 9.01. The summed E-state index contributed by atoms with van der Waals surface area (Å²) in [7, 11) is 0. The van der Waals surface area contributed by atoms with Gasteiger partial charge >= 0.3 is 17.9 Å². The van der Waals surface area contributed by atoms with Gasteiger partial charge in [0.1, 0.15) is 13.2 Å². The van der Waals surface area contributed by atoms with Gasteiger partial charge in [0, 0.05) is 19.3 Å². The Labute approximate surface area is 326 Å². The van der Waals surface area contributed by atoms with Crippen molar-refractivity contribution in [3.05, 3.63) is 60.8 Å². The van der Waals surface area contributed by atoms with Gasteiger partial charge in [-0.25, -0.2) is 0 Å². The first-order valence-corrected chi connectivity index (χ1v) is 21.8. The summed E-state index contributed by atoms with van der Waals surface area (Å²) in [5.41, 5.74) is 0. The second kappa shape index (κ2) is 41.9. The number of hydrogen-bond acceptors (Lipinski definition) is 6. The molecule has 1 atom stereocenters. The van der Waals surface area contributed by atoms with E-state index in [0.29, 0.717) is 19.3 Å². The van der Waals surface area contributed by atoms with Crippen molar-refractivity contribution < 1.29 is 28.6 Å². The van der Waals surface area contributed by atoms with E-state index in [1.54, 1.807) is 0 Å². The fourth-order valence-corrected chi connectivity index (χ4v) is 5.71. The van der Waals surface area contributed by atoms with Crippen molar-refractivity contribution in [2.45, 2.75) is 207 Å².